The molecule has 1 saturated heterocycles. The van der Waals surface area contributed by atoms with Gasteiger partial charge in [-0.2, -0.15) is 5.10 Å². The molecule has 0 bridgehead atoms. The van der Waals surface area contributed by atoms with Gasteiger partial charge in [0, 0.05) is 24.8 Å². The molecule has 3 amide bonds. The Labute approximate surface area is 185 Å². The molecule has 0 unspecified atom stereocenters. The smallest absolute Gasteiger partial charge is 0.324 e. The molecule has 3 N–H and O–H groups in total. The van der Waals surface area contributed by atoms with E-state index in [1.165, 1.54) is 0 Å². The summed E-state index contributed by atoms with van der Waals surface area (Å²) < 4.78 is 1.82. The standard InChI is InChI=1S/C22H25ClN6O2/c1-14-13-15(2)25-20(14)21(30)28-11-8-16(9-12-28)29-19(7-10-24-29)27-22(31)26-18-6-4-3-5-17(18)23/h3-7,10,13,16,25H,8-9,11-12H2,1-2H3,(H2,26,27,31). The number of piperidine rings is 1. The van der Waals surface area contributed by atoms with Crippen molar-refractivity contribution in [2.45, 2.75) is 32.7 Å². The number of rotatable bonds is 4. The molecule has 8 nitrogen and oxygen atoms in total. The topological polar surface area (TPSA) is 95.1 Å². The largest absolute Gasteiger partial charge is 0.354 e. The first-order valence-corrected chi connectivity index (χ1v) is 10.6. The van der Waals surface area contributed by atoms with E-state index in [0.717, 1.165) is 24.1 Å². The number of hydrogen-bond donors (Lipinski definition) is 3. The van der Waals surface area contributed by atoms with Gasteiger partial charge in [0.25, 0.3) is 5.91 Å². The second-order valence-corrected chi connectivity index (χ2v) is 8.16. The number of aromatic amines is 1. The molecule has 1 fully saturated rings. The van der Waals surface area contributed by atoms with Crippen LogP contribution in [0.25, 0.3) is 0 Å². The minimum absolute atomic E-state index is 0.0296. The van der Waals surface area contributed by atoms with Crippen molar-refractivity contribution in [3.63, 3.8) is 0 Å². The first kappa shape index (κ1) is 21.0. The van der Waals surface area contributed by atoms with Crippen LogP contribution in [0.3, 0.4) is 0 Å². The van der Waals surface area contributed by atoms with E-state index in [-0.39, 0.29) is 18.0 Å². The van der Waals surface area contributed by atoms with E-state index in [1.807, 2.05) is 29.5 Å². The molecule has 1 aromatic carbocycles. The number of nitrogens with one attached hydrogen (secondary N) is 3. The van der Waals surface area contributed by atoms with E-state index in [0.29, 0.717) is 35.3 Å². The van der Waals surface area contributed by atoms with Gasteiger partial charge in [-0.05, 0) is 50.5 Å². The lowest BCUT2D eigenvalue weighted by molar-refractivity contribution is 0.0685. The van der Waals surface area contributed by atoms with Crippen LogP contribution in [0.15, 0.2) is 42.6 Å². The van der Waals surface area contributed by atoms with E-state index >= 15 is 0 Å². The van der Waals surface area contributed by atoms with Crippen LogP contribution in [0.5, 0.6) is 0 Å². The number of aryl methyl sites for hydroxylation is 2. The molecular weight excluding hydrogens is 416 g/mol. The summed E-state index contributed by atoms with van der Waals surface area (Å²) in [5, 5.41) is 10.5. The zero-order valence-electron chi connectivity index (χ0n) is 17.5. The average Bonchev–Trinajstić information content (AvgIpc) is 3.34. The average molecular weight is 441 g/mol. The lowest BCUT2D eigenvalue weighted by atomic mass is 10.0. The molecule has 0 saturated carbocycles. The van der Waals surface area contributed by atoms with E-state index in [9.17, 15) is 9.59 Å². The van der Waals surface area contributed by atoms with Crippen LogP contribution in [0.1, 0.15) is 40.6 Å². The monoisotopic (exact) mass is 440 g/mol. The fourth-order valence-electron chi connectivity index (χ4n) is 3.96. The highest BCUT2D eigenvalue weighted by atomic mass is 35.5. The van der Waals surface area contributed by atoms with Crippen molar-refractivity contribution in [2.24, 2.45) is 0 Å². The molecule has 0 spiro atoms. The quantitative estimate of drug-likeness (QED) is 0.553. The summed E-state index contributed by atoms with van der Waals surface area (Å²) in [6.07, 6.45) is 3.17. The third-order valence-electron chi connectivity index (χ3n) is 5.49. The number of anilines is 2. The van der Waals surface area contributed by atoms with Crippen molar-refractivity contribution in [2.75, 3.05) is 23.7 Å². The van der Waals surface area contributed by atoms with E-state index in [4.69, 9.17) is 11.6 Å². The van der Waals surface area contributed by atoms with Gasteiger partial charge in [-0.1, -0.05) is 23.7 Å². The number of likely N-dealkylation sites (tertiary alicyclic amines) is 1. The number of para-hydroxylation sites is 1. The van der Waals surface area contributed by atoms with Gasteiger partial charge in [0.1, 0.15) is 11.5 Å². The van der Waals surface area contributed by atoms with Crippen molar-refractivity contribution in [3.05, 3.63) is 64.6 Å². The van der Waals surface area contributed by atoms with Crippen LogP contribution in [0.4, 0.5) is 16.3 Å². The van der Waals surface area contributed by atoms with Crippen molar-refractivity contribution < 1.29 is 9.59 Å². The van der Waals surface area contributed by atoms with Crippen LogP contribution in [-0.2, 0) is 0 Å². The van der Waals surface area contributed by atoms with Gasteiger partial charge in [-0.25, -0.2) is 9.48 Å². The summed E-state index contributed by atoms with van der Waals surface area (Å²) in [6, 6.07) is 10.5. The third-order valence-corrected chi connectivity index (χ3v) is 5.82. The van der Waals surface area contributed by atoms with Crippen LogP contribution < -0.4 is 10.6 Å². The van der Waals surface area contributed by atoms with E-state index < -0.39 is 0 Å². The predicted octanol–water partition coefficient (Wildman–Crippen LogP) is 4.60. The van der Waals surface area contributed by atoms with Crippen LogP contribution >= 0.6 is 11.6 Å². The summed E-state index contributed by atoms with van der Waals surface area (Å²) in [4.78, 5) is 30.3. The van der Waals surface area contributed by atoms with Crippen LogP contribution in [-0.4, -0.2) is 44.7 Å². The zero-order chi connectivity index (χ0) is 22.0. The molecule has 4 rings (SSSR count). The molecule has 162 valence electrons. The van der Waals surface area contributed by atoms with Gasteiger partial charge in [-0.15, -0.1) is 0 Å². The maximum absolute atomic E-state index is 12.8. The van der Waals surface area contributed by atoms with Crippen molar-refractivity contribution in [1.29, 1.82) is 0 Å². The minimum atomic E-state index is -0.389. The number of aromatic nitrogens is 3. The number of H-pyrrole nitrogens is 1. The van der Waals surface area contributed by atoms with Crippen molar-refractivity contribution >= 4 is 35.0 Å². The van der Waals surface area contributed by atoms with Crippen LogP contribution in [0.2, 0.25) is 5.02 Å². The Balaban J connectivity index is 1.37. The van der Waals surface area contributed by atoms with Gasteiger partial charge in [0.15, 0.2) is 0 Å². The Bertz CT molecular complexity index is 1100. The minimum Gasteiger partial charge on any atom is -0.354 e. The first-order chi connectivity index (χ1) is 14.9. The molecular formula is C22H25ClN6O2. The predicted molar refractivity (Wildman–Crippen MR) is 121 cm³/mol. The SMILES string of the molecule is Cc1cc(C)c(C(=O)N2CCC(n3nccc3NC(=O)Nc3ccccc3Cl)CC2)[nH]1. The van der Waals surface area contributed by atoms with E-state index in [1.54, 1.807) is 36.5 Å². The maximum Gasteiger partial charge on any atom is 0.324 e. The van der Waals surface area contributed by atoms with Gasteiger partial charge < -0.3 is 15.2 Å². The number of urea groups is 1. The molecule has 1 aliphatic heterocycles. The lowest BCUT2D eigenvalue weighted by Crippen LogP contribution is -2.40. The Kier molecular flexibility index (Phi) is 5.99. The van der Waals surface area contributed by atoms with E-state index in [2.05, 4.69) is 20.7 Å². The van der Waals surface area contributed by atoms with Gasteiger partial charge in [0.05, 0.1) is 22.9 Å². The molecule has 3 aromatic rings. The second-order valence-electron chi connectivity index (χ2n) is 7.75. The lowest BCUT2D eigenvalue weighted by Gasteiger charge is -2.32. The summed E-state index contributed by atoms with van der Waals surface area (Å²) in [5.41, 5.74) is 3.15. The third kappa shape index (κ3) is 4.59. The molecule has 2 aromatic heterocycles. The fraction of sp³-hybridized carbons (Fsp3) is 0.318. The Morgan fingerprint density at radius 2 is 1.87 bits per heavy atom. The Morgan fingerprint density at radius 3 is 2.55 bits per heavy atom. The molecule has 31 heavy (non-hydrogen) atoms. The second kappa shape index (κ2) is 8.85. The maximum atomic E-state index is 12.8. The molecule has 0 aliphatic carbocycles. The van der Waals surface area contributed by atoms with Gasteiger partial charge in [-0.3, -0.25) is 10.1 Å². The molecule has 0 atom stereocenters. The van der Waals surface area contributed by atoms with Gasteiger partial charge >= 0.3 is 6.03 Å². The number of carbonyl (C=O) groups is 2. The highest BCUT2D eigenvalue weighted by Crippen LogP contribution is 2.27. The fourth-order valence-corrected chi connectivity index (χ4v) is 4.14. The summed E-state index contributed by atoms with van der Waals surface area (Å²) >= 11 is 6.10. The highest BCUT2D eigenvalue weighted by molar-refractivity contribution is 6.33. The van der Waals surface area contributed by atoms with Crippen molar-refractivity contribution in [3.8, 4) is 0 Å². The number of benzene rings is 1. The normalized spacial score (nSPS) is 14.5. The number of hydrogen-bond acceptors (Lipinski definition) is 3. The Hall–Kier alpha value is -3.26. The zero-order valence-corrected chi connectivity index (χ0v) is 18.2. The van der Waals surface area contributed by atoms with Gasteiger partial charge in [0.2, 0.25) is 0 Å². The van der Waals surface area contributed by atoms with Crippen LogP contribution in [0, 0.1) is 13.8 Å². The molecule has 9 heteroatoms. The number of carbonyl (C=O) groups excluding carboxylic acids is 2. The summed E-state index contributed by atoms with van der Waals surface area (Å²) in [6.45, 7) is 5.15. The van der Waals surface area contributed by atoms with Crippen molar-refractivity contribution in [1.82, 2.24) is 19.7 Å². The highest BCUT2D eigenvalue weighted by Gasteiger charge is 2.27. The number of nitrogens with zero attached hydrogens (tertiary/aromatic N) is 3. The summed E-state index contributed by atoms with van der Waals surface area (Å²) in [7, 11) is 0. The number of halogens is 1. The Morgan fingerprint density at radius 1 is 1.13 bits per heavy atom. The molecule has 0 radical (unpaired) electrons. The summed E-state index contributed by atoms with van der Waals surface area (Å²) in [5.74, 6) is 0.632. The first-order valence-electron chi connectivity index (χ1n) is 10.2. The molecule has 1 aliphatic rings. The molecule has 3 heterocycles. The number of amides is 3.